The first-order valence-corrected chi connectivity index (χ1v) is 8.01. The van der Waals surface area contributed by atoms with Crippen molar-refractivity contribution in [3.8, 4) is 0 Å². The van der Waals surface area contributed by atoms with Gasteiger partial charge < -0.3 is 5.73 Å². The summed E-state index contributed by atoms with van der Waals surface area (Å²) in [6.07, 6.45) is 1.88. The van der Waals surface area contributed by atoms with Crippen molar-refractivity contribution in [2.24, 2.45) is 11.7 Å². The van der Waals surface area contributed by atoms with Gasteiger partial charge in [-0.15, -0.1) is 0 Å². The Labute approximate surface area is 119 Å². The second-order valence-electron chi connectivity index (χ2n) is 5.12. The third-order valence-electron chi connectivity index (χ3n) is 3.39. The molecule has 1 aromatic carbocycles. The van der Waals surface area contributed by atoms with Crippen LogP contribution in [0.25, 0.3) is 0 Å². The molecule has 1 unspecified atom stereocenters. The smallest absolute Gasteiger partial charge is 0.301 e. The van der Waals surface area contributed by atoms with Crippen LogP contribution < -0.4 is 10.5 Å². The zero-order valence-corrected chi connectivity index (χ0v) is 12.2. The molecule has 1 saturated heterocycles. The molecule has 0 aliphatic carbocycles. The predicted octanol–water partition coefficient (Wildman–Crippen LogP) is 1.17. The monoisotopic (exact) mass is 297 g/mol. The van der Waals surface area contributed by atoms with Crippen LogP contribution in [0, 0.1) is 5.92 Å². The highest BCUT2D eigenvalue weighted by molar-refractivity contribution is 7.90. The van der Waals surface area contributed by atoms with Crippen molar-refractivity contribution in [2.45, 2.75) is 19.8 Å². The number of piperidine rings is 1. The van der Waals surface area contributed by atoms with Crippen LogP contribution in [0.2, 0.25) is 0 Å². The van der Waals surface area contributed by atoms with Crippen molar-refractivity contribution in [3.05, 3.63) is 29.8 Å². The number of nitrogens with one attached hydrogen (secondary N) is 1. The van der Waals surface area contributed by atoms with Crippen LogP contribution in [-0.4, -0.2) is 31.7 Å². The molecule has 1 fully saturated rings. The minimum Gasteiger partial charge on any atom is -0.366 e. The normalized spacial score (nSPS) is 20.6. The van der Waals surface area contributed by atoms with Crippen molar-refractivity contribution in [1.29, 1.82) is 0 Å². The number of rotatable bonds is 4. The van der Waals surface area contributed by atoms with Gasteiger partial charge in [-0.2, -0.15) is 12.7 Å². The molecule has 1 amide bonds. The number of hydrogen-bond donors (Lipinski definition) is 2. The Kier molecular flexibility index (Phi) is 4.29. The fourth-order valence-electron chi connectivity index (χ4n) is 2.36. The van der Waals surface area contributed by atoms with Crippen LogP contribution >= 0.6 is 0 Å². The summed E-state index contributed by atoms with van der Waals surface area (Å²) in [7, 11) is -3.65. The lowest BCUT2D eigenvalue weighted by molar-refractivity contribution is 0.100. The number of nitrogens with two attached hydrogens (primary N) is 1. The second kappa shape index (κ2) is 5.80. The SMILES string of the molecule is CC1CCCN(S(=O)(=O)Nc2ccccc2C(N)=O)C1. The Bertz CT molecular complexity index is 601. The number of hydrogen-bond acceptors (Lipinski definition) is 3. The molecule has 1 aromatic rings. The maximum atomic E-state index is 12.3. The summed E-state index contributed by atoms with van der Waals surface area (Å²) in [5, 5.41) is 0. The van der Waals surface area contributed by atoms with Gasteiger partial charge in [-0.1, -0.05) is 19.1 Å². The highest BCUT2D eigenvalue weighted by atomic mass is 32.2. The Morgan fingerprint density at radius 1 is 1.40 bits per heavy atom. The molecule has 1 atom stereocenters. The van der Waals surface area contributed by atoms with Crippen molar-refractivity contribution < 1.29 is 13.2 Å². The van der Waals surface area contributed by atoms with E-state index in [-0.39, 0.29) is 11.3 Å². The van der Waals surface area contributed by atoms with Gasteiger partial charge in [0.15, 0.2) is 0 Å². The summed E-state index contributed by atoms with van der Waals surface area (Å²) in [5.74, 6) is -0.318. The molecule has 0 bridgehead atoms. The number of carbonyl (C=O) groups excluding carboxylic acids is 1. The lowest BCUT2D eigenvalue weighted by atomic mass is 10.0. The molecule has 1 aliphatic rings. The van der Waals surface area contributed by atoms with Gasteiger partial charge in [0.25, 0.3) is 5.91 Å². The Hall–Kier alpha value is -1.60. The minimum atomic E-state index is -3.65. The van der Waals surface area contributed by atoms with Gasteiger partial charge in [0.05, 0.1) is 11.3 Å². The Balaban J connectivity index is 2.22. The average Bonchev–Trinajstić information content (AvgIpc) is 2.38. The fraction of sp³-hybridized carbons (Fsp3) is 0.462. The molecule has 7 heteroatoms. The topological polar surface area (TPSA) is 92.5 Å². The number of amides is 1. The van der Waals surface area contributed by atoms with Crippen LogP contribution in [0.1, 0.15) is 30.1 Å². The van der Waals surface area contributed by atoms with Crippen molar-refractivity contribution >= 4 is 21.8 Å². The van der Waals surface area contributed by atoms with Gasteiger partial charge in [-0.3, -0.25) is 9.52 Å². The molecule has 0 aromatic heterocycles. The van der Waals surface area contributed by atoms with E-state index in [2.05, 4.69) is 4.72 Å². The summed E-state index contributed by atoms with van der Waals surface area (Å²) in [6.45, 7) is 3.02. The van der Waals surface area contributed by atoms with Crippen LogP contribution in [0.15, 0.2) is 24.3 Å². The van der Waals surface area contributed by atoms with Gasteiger partial charge in [-0.25, -0.2) is 0 Å². The summed E-state index contributed by atoms with van der Waals surface area (Å²) >= 11 is 0. The Morgan fingerprint density at radius 3 is 2.75 bits per heavy atom. The van der Waals surface area contributed by atoms with E-state index >= 15 is 0 Å². The van der Waals surface area contributed by atoms with E-state index in [1.807, 2.05) is 6.92 Å². The summed E-state index contributed by atoms with van der Waals surface area (Å²) < 4.78 is 28.5. The molecular formula is C13H19N3O3S. The molecule has 0 radical (unpaired) electrons. The van der Waals surface area contributed by atoms with E-state index in [1.54, 1.807) is 12.1 Å². The maximum Gasteiger partial charge on any atom is 0.301 e. The number of benzene rings is 1. The molecule has 2 rings (SSSR count). The molecule has 20 heavy (non-hydrogen) atoms. The lowest BCUT2D eigenvalue weighted by Gasteiger charge is -2.30. The van der Waals surface area contributed by atoms with Crippen LogP contribution in [0.4, 0.5) is 5.69 Å². The van der Waals surface area contributed by atoms with E-state index in [4.69, 9.17) is 5.73 Å². The first kappa shape index (κ1) is 14.8. The number of anilines is 1. The molecule has 1 aliphatic heterocycles. The van der Waals surface area contributed by atoms with E-state index < -0.39 is 16.1 Å². The minimum absolute atomic E-state index is 0.168. The Morgan fingerprint density at radius 2 is 2.10 bits per heavy atom. The van der Waals surface area contributed by atoms with Gasteiger partial charge in [0.2, 0.25) is 0 Å². The van der Waals surface area contributed by atoms with E-state index in [0.717, 1.165) is 12.8 Å². The molecule has 6 nitrogen and oxygen atoms in total. The number of primary amides is 1. The lowest BCUT2D eigenvalue weighted by Crippen LogP contribution is -2.42. The van der Waals surface area contributed by atoms with E-state index in [9.17, 15) is 13.2 Å². The predicted molar refractivity (Wildman–Crippen MR) is 77.5 cm³/mol. The molecule has 1 heterocycles. The summed E-state index contributed by atoms with van der Waals surface area (Å²) in [6, 6.07) is 6.33. The van der Waals surface area contributed by atoms with Crippen LogP contribution in [0.5, 0.6) is 0 Å². The quantitative estimate of drug-likeness (QED) is 0.874. The van der Waals surface area contributed by atoms with Crippen molar-refractivity contribution in [3.63, 3.8) is 0 Å². The first-order valence-electron chi connectivity index (χ1n) is 6.57. The van der Waals surface area contributed by atoms with Gasteiger partial charge >= 0.3 is 10.2 Å². The number of carbonyl (C=O) groups is 1. The zero-order valence-electron chi connectivity index (χ0n) is 11.4. The summed E-state index contributed by atoms with van der Waals surface area (Å²) in [4.78, 5) is 11.3. The first-order chi connectivity index (χ1) is 9.40. The third kappa shape index (κ3) is 3.29. The zero-order chi connectivity index (χ0) is 14.8. The van der Waals surface area contributed by atoms with Gasteiger partial charge in [-0.05, 0) is 30.9 Å². The molecule has 110 valence electrons. The van der Waals surface area contributed by atoms with Crippen LogP contribution in [-0.2, 0) is 10.2 Å². The highest BCUT2D eigenvalue weighted by Crippen LogP contribution is 2.22. The number of para-hydroxylation sites is 1. The van der Waals surface area contributed by atoms with E-state index in [0.29, 0.717) is 19.0 Å². The van der Waals surface area contributed by atoms with Gasteiger partial charge in [0, 0.05) is 13.1 Å². The van der Waals surface area contributed by atoms with Crippen molar-refractivity contribution in [2.75, 3.05) is 17.8 Å². The second-order valence-corrected chi connectivity index (χ2v) is 6.79. The number of nitrogens with zero attached hydrogens (tertiary/aromatic N) is 1. The fourth-order valence-corrected chi connectivity index (χ4v) is 3.76. The third-order valence-corrected chi connectivity index (χ3v) is 4.88. The standard InChI is InChI=1S/C13H19N3O3S/c1-10-5-4-8-16(9-10)20(18,19)15-12-7-3-2-6-11(12)13(14)17/h2-3,6-7,10,15H,4-5,8-9H2,1H3,(H2,14,17). The van der Waals surface area contributed by atoms with E-state index in [1.165, 1.54) is 16.4 Å². The average molecular weight is 297 g/mol. The largest absolute Gasteiger partial charge is 0.366 e. The maximum absolute atomic E-state index is 12.3. The molecule has 0 saturated carbocycles. The van der Waals surface area contributed by atoms with Crippen LogP contribution in [0.3, 0.4) is 0 Å². The van der Waals surface area contributed by atoms with Crippen molar-refractivity contribution in [1.82, 2.24) is 4.31 Å². The molecule has 3 N–H and O–H groups in total. The highest BCUT2D eigenvalue weighted by Gasteiger charge is 2.27. The van der Waals surface area contributed by atoms with Gasteiger partial charge in [0.1, 0.15) is 0 Å². The molecular weight excluding hydrogens is 278 g/mol. The summed E-state index contributed by atoms with van der Waals surface area (Å²) in [5.41, 5.74) is 5.63. The molecule has 0 spiro atoms.